The molecule has 9 aromatic rings. The molecule has 2 aliphatic rings. The summed E-state index contributed by atoms with van der Waals surface area (Å²) in [7, 11) is 0. The lowest BCUT2D eigenvalue weighted by Gasteiger charge is -2.09. The first-order valence-corrected chi connectivity index (χ1v) is 19.5. The van der Waals surface area contributed by atoms with Crippen molar-refractivity contribution in [2.45, 2.75) is 0 Å². The normalized spacial score (nSPS) is 11.8. The summed E-state index contributed by atoms with van der Waals surface area (Å²) >= 11 is 0. The maximum Gasteiger partial charge on any atom is 0.295 e. The smallest absolute Gasteiger partial charge is 0.295 e. The summed E-state index contributed by atoms with van der Waals surface area (Å²) in [5.41, 5.74) is 14.3. The second-order valence-corrected chi connectivity index (χ2v) is 14.7. The van der Waals surface area contributed by atoms with Crippen molar-refractivity contribution >= 4 is 50.7 Å². The highest BCUT2D eigenvalue weighted by molar-refractivity contribution is 6.09. The lowest BCUT2D eigenvalue weighted by Crippen LogP contribution is -1.91. The van der Waals surface area contributed by atoms with E-state index in [2.05, 4.69) is 76.7 Å². The van der Waals surface area contributed by atoms with E-state index in [-0.39, 0.29) is 10.6 Å². The Morgan fingerprint density at radius 1 is 0.424 bits per heavy atom. The van der Waals surface area contributed by atoms with Gasteiger partial charge in [0.1, 0.15) is 5.52 Å². The van der Waals surface area contributed by atoms with Gasteiger partial charge >= 0.3 is 0 Å². The Hall–Kier alpha value is -8.16. The van der Waals surface area contributed by atoms with Crippen LogP contribution in [0.15, 0.2) is 176 Å². The number of fused-ring (bicyclic) bond motifs is 12. The van der Waals surface area contributed by atoms with Crippen LogP contribution in [0, 0.1) is 10.1 Å². The molecule has 0 saturated carbocycles. The number of aromatic amines is 2. The molecule has 7 heteroatoms. The topological polar surface area (TPSA) is 100 Å². The zero-order valence-corrected chi connectivity index (χ0v) is 31.6. The highest BCUT2D eigenvalue weighted by Crippen LogP contribution is 2.48. The van der Waals surface area contributed by atoms with E-state index in [0.717, 1.165) is 83.3 Å². The van der Waals surface area contributed by atoms with Gasteiger partial charge in [-0.1, -0.05) is 146 Å². The first-order valence-electron chi connectivity index (χ1n) is 19.5. The van der Waals surface area contributed by atoms with E-state index in [9.17, 15) is 10.1 Å². The molecule has 0 unspecified atom stereocenters. The van der Waals surface area contributed by atoms with Gasteiger partial charge in [-0.15, -0.1) is 0 Å². The minimum Gasteiger partial charge on any atom is -0.354 e. The average Bonchev–Trinajstić information content (AvgIpc) is 4.11. The van der Waals surface area contributed by atoms with E-state index in [0.29, 0.717) is 28.0 Å². The molecule has 8 bridgehead atoms. The lowest BCUT2D eigenvalue weighted by atomic mass is 9.92. The van der Waals surface area contributed by atoms with Gasteiger partial charge in [-0.3, -0.25) is 10.1 Å². The molecule has 0 saturated heterocycles. The molecule has 0 atom stereocenters. The number of nitrogens with zero attached hydrogens (tertiary/aromatic N) is 3. The Morgan fingerprint density at radius 3 is 1.36 bits per heavy atom. The molecule has 59 heavy (non-hydrogen) atoms. The van der Waals surface area contributed by atoms with Crippen molar-refractivity contribution in [3.05, 3.63) is 197 Å². The zero-order chi connectivity index (χ0) is 39.5. The molecule has 7 nitrogen and oxygen atoms in total. The third-order valence-electron chi connectivity index (χ3n) is 11.2. The van der Waals surface area contributed by atoms with Crippen molar-refractivity contribution in [2.24, 2.45) is 0 Å². The summed E-state index contributed by atoms with van der Waals surface area (Å²) in [6.07, 6.45) is 3.96. The molecule has 6 aromatic carbocycles. The molecule has 11 rings (SSSR count). The molecule has 0 amide bonds. The van der Waals surface area contributed by atoms with Gasteiger partial charge in [0.2, 0.25) is 0 Å². The summed E-state index contributed by atoms with van der Waals surface area (Å²) in [5, 5.41) is 15.4. The van der Waals surface area contributed by atoms with Gasteiger partial charge in [-0.2, -0.15) is 0 Å². The van der Waals surface area contributed by atoms with Crippen LogP contribution in [0.4, 0.5) is 5.69 Å². The number of H-pyrrole nitrogens is 2. The standard InChI is InChI=1S/C52H33N5O2/c58-57(59)45-31-44-49(35-21-11-4-12-22-35)51-39-30-37-24-14-13-23-36(37)29-38(39)50(56-51)47(33-17-7-2-8-18-33)42-27-25-40(53-42)46(32-15-5-1-6-16-32)41-26-28-43(54-41)48(52(45)55-44)34-19-9-3-10-20-34/h1-31,53,55H. The van der Waals surface area contributed by atoms with Gasteiger partial charge < -0.3 is 9.97 Å². The Balaban J connectivity index is 1.43. The van der Waals surface area contributed by atoms with E-state index in [1.54, 1.807) is 6.07 Å². The van der Waals surface area contributed by atoms with Crippen molar-refractivity contribution in [3.8, 4) is 67.0 Å². The predicted octanol–water partition coefficient (Wildman–Crippen LogP) is 13.5. The van der Waals surface area contributed by atoms with Gasteiger partial charge in [0.05, 0.1) is 33.2 Å². The predicted molar refractivity (Wildman–Crippen MR) is 240 cm³/mol. The van der Waals surface area contributed by atoms with Crippen LogP contribution in [-0.2, 0) is 0 Å². The first kappa shape index (κ1) is 34.1. The quantitative estimate of drug-likeness (QED) is 0.135. The number of hydrogen-bond acceptors (Lipinski definition) is 4. The SMILES string of the molecule is O=[N+]([O-])c1cc2[nH]c1c(-c1ccccc1)c1nc(c(-c3ccccc3)c3ccc([nH]3)c(-c3ccccc3)c3nc(c2-c2ccccc2)-c2cc4ccccc4cc2-3)C=C1. The number of nitrogens with one attached hydrogen (secondary N) is 2. The van der Waals surface area contributed by atoms with Crippen LogP contribution in [0.2, 0.25) is 0 Å². The zero-order valence-electron chi connectivity index (χ0n) is 31.6. The van der Waals surface area contributed by atoms with Crippen molar-refractivity contribution in [1.29, 1.82) is 0 Å². The van der Waals surface area contributed by atoms with E-state index in [4.69, 9.17) is 9.97 Å². The van der Waals surface area contributed by atoms with Crippen LogP contribution in [0.25, 0.3) is 112 Å². The third-order valence-corrected chi connectivity index (χ3v) is 11.2. The molecule has 0 aliphatic carbocycles. The average molecular weight is 760 g/mol. The first-order chi connectivity index (χ1) is 29.1. The molecule has 2 aliphatic heterocycles. The van der Waals surface area contributed by atoms with Crippen molar-refractivity contribution < 1.29 is 4.92 Å². The third kappa shape index (κ3) is 5.75. The number of benzene rings is 6. The molecule has 5 heterocycles. The van der Waals surface area contributed by atoms with Crippen molar-refractivity contribution in [1.82, 2.24) is 19.9 Å². The Labute approximate surface area is 338 Å². The highest BCUT2D eigenvalue weighted by Gasteiger charge is 2.28. The Kier molecular flexibility index (Phi) is 7.98. The molecular weight excluding hydrogens is 727 g/mol. The molecule has 3 aromatic heterocycles. The summed E-state index contributed by atoms with van der Waals surface area (Å²) in [4.78, 5) is 31.3. The Morgan fingerprint density at radius 2 is 0.847 bits per heavy atom. The maximum absolute atomic E-state index is 13.2. The van der Waals surface area contributed by atoms with Crippen LogP contribution in [0.3, 0.4) is 0 Å². The van der Waals surface area contributed by atoms with Crippen LogP contribution < -0.4 is 0 Å². The van der Waals surface area contributed by atoms with Gasteiger partial charge in [0.15, 0.2) is 0 Å². The fourth-order valence-electron chi connectivity index (χ4n) is 8.61. The monoisotopic (exact) mass is 759 g/mol. The highest BCUT2D eigenvalue weighted by atomic mass is 16.6. The van der Waals surface area contributed by atoms with Crippen molar-refractivity contribution in [3.63, 3.8) is 0 Å². The maximum atomic E-state index is 13.2. The van der Waals surface area contributed by atoms with Crippen LogP contribution in [-0.4, -0.2) is 24.9 Å². The van der Waals surface area contributed by atoms with E-state index in [1.165, 1.54) is 0 Å². The second kappa shape index (κ2) is 13.8. The van der Waals surface area contributed by atoms with Crippen molar-refractivity contribution in [2.75, 3.05) is 0 Å². The second-order valence-electron chi connectivity index (χ2n) is 14.7. The fourth-order valence-corrected chi connectivity index (χ4v) is 8.61. The Bertz CT molecular complexity index is 3330. The molecule has 278 valence electrons. The summed E-state index contributed by atoms with van der Waals surface area (Å²) < 4.78 is 0. The number of nitro groups is 1. The van der Waals surface area contributed by atoms with E-state index in [1.807, 2.05) is 115 Å². The summed E-state index contributed by atoms with van der Waals surface area (Å²) in [6, 6.07) is 59.0. The number of rotatable bonds is 5. The molecule has 0 radical (unpaired) electrons. The summed E-state index contributed by atoms with van der Waals surface area (Å²) in [5.74, 6) is 0. The lowest BCUT2D eigenvalue weighted by molar-refractivity contribution is -0.382. The van der Waals surface area contributed by atoms with Crippen LogP contribution >= 0.6 is 0 Å². The fraction of sp³-hybridized carbons (Fsp3) is 0. The molecular formula is C52H33N5O2. The van der Waals surface area contributed by atoms with Gasteiger partial charge in [0, 0.05) is 50.5 Å². The van der Waals surface area contributed by atoms with E-state index >= 15 is 0 Å². The molecule has 2 N–H and O–H groups in total. The molecule has 0 spiro atoms. The minimum absolute atomic E-state index is 0.0555. The number of aromatic nitrogens is 4. The largest absolute Gasteiger partial charge is 0.354 e. The van der Waals surface area contributed by atoms with Gasteiger partial charge in [0.25, 0.3) is 5.69 Å². The van der Waals surface area contributed by atoms with Gasteiger partial charge in [-0.25, -0.2) is 9.97 Å². The van der Waals surface area contributed by atoms with E-state index < -0.39 is 0 Å². The van der Waals surface area contributed by atoms with Gasteiger partial charge in [-0.05, 0) is 69.4 Å². The minimum atomic E-state index is -0.308. The van der Waals surface area contributed by atoms with Crippen LogP contribution in [0.1, 0.15) is 11.4 Å². The van der Waals surface area contributed by atoms with Crippen LogP contribution in [0.5, 0.6) is 0 Å². The summed E-state index contributed by atoms with van der Waals surface area (Å²) in [6.45, 7) is 0. The number of hydrogen-bond donors (Lipinski definition) is 2. The molecule has 0 fully saturated rings.